The van der Waals surface area contributed by atoms with Crippen LogP contribution >= 0.6 is 11.6 Å². The molecular weight excluding hydrogens is 542 g/mol. The molecule has 0 aromatic heterocycles. The summed E-state index contributed by atoms with van der Waals surface area (Å²) in [4.78, 5) is 43.5. The number of halogens is 1. The molecule has 0 atom stereocenters. The van der Waals surface area contributed by atoms with Gasteiger partial charge in [-0.3, -0.25) is 19.7 Å². The Labute approximate surface area is 244 Å². The van der Waals surface area contributed by atoms with Crippen molar-refractivity contribution in [3.8, 4) is 0 Å². The molecule has 2 aliphatic heterocycles. The fourth-order valence-corrected chi connectivity index (χ4v) is 5.48. The second-order valence-electron chi connectivity index (χ2n) is 10.2. The Balaban J connectivity index is 1.32. The monoisotopic (exact) mass is 573 g/mol. The van der Waals surface area contributed by atoms with Gasteiger partial charge in [0.05, 0.1) is 27.5 Å². The van der Waals surface area contributed by atoms with Crippen molar-refractivity contribution in [3.05, 3.63) is 99.1 Å². The van der Waals surface area contributed by atoms with E-state index in [1.54, 1.807) is 29.2 Å². The second kappa shape index (κ2) is 12.9. The van der Waals surface area contributed by atoms with Gasteiger partial charge in [-0.2, -0.15) is 0 Å². The maximum atomic E-state index is 13.6. The summed E-state index contributed by atoms with van der Waals surface area (Å²) in [6.07, 6.45) is 6.55. The Morgan fingerprint density at radius 2 is 1.51 bits per heavy atom. The first-order valence-electron chi connectivity index (χ1n) is 13.8. The molecule has 2 heterocycles. The summed E-state index contributed by atoms with van der Waals surface area (Å²) in [6, 6.07) is 19.4. The number of non-ortho nitro benzene ring substituents is 1. The molecule has 9 nitrogen and oxygen atoms in total. The molecule has 0 radical (unpaired) electrons. The summed E-state index contributed by atoms with van der Waals surface area (Å²) >= 11 is 6.33. The molecule has 212 valence electrons. The van der Waals surface area contributed by atoms with Gasteiger partial charge in [-0.1, -0.05) is 41.9 Å². The third kappa shape index (κ3) is 6.86. The number of carbonyl (C=O) groups excluding carboxylic acids is 2. The number of rotatable bonds is 7. The van der Waals surface area contributed by atoms with Crippen molar-refractivity contribution in [1.82, 2.24) is 4.90 Å². The third-order valence-electron chi connectivity index (χ3n) is 7.49. The van der Waals surface area contributed by atoms with E-state index in [1.165, 1.54) is 12.1 Å². The number of nitro benzene ring substituents is 1. The molecule has 0 unspecified atom stereocenters. The van der Waals surface area contributed by atoms with Crippen LogP contribution in [-0.2, 0) is 4.79 Å². The molecule has 0 bridgehead atoms. The Hall–Kier alpha value is -4.37. The summed E-state index contributed by atoms with van der Waals surface area (Å²) in [5.74, 6) is -0.480. The van der Waals surface area contributed by atoms with Crippen LogP contribution < -0.4 is 15.1 Å². The van der Waals surface area contributed by atoms with Gasteiger partial charge in [0, 0.05) is 62.5 Å². The fourth-order valence-electron chi connectivity index (χ4n) is 5.31. The number of amides is 2. The molecule has 0 aliphatic carbocycles. The molecule has 41 heavy (non-hydrogen) atoms. The van der Waals surface area contributed by atoms with E-state index in [9.17, 15) is 19.7 Å². The highest BCUT2D eigenvalue weighted by Gasteiger charge is 2.25. The zero-order valence-electron chi connectivity index (χ0n) is 22.7. The lowest BCUT2D eigenvalue weighted by atomic mass is 10.1. The summed E-state index contributed by atoms with van der Waals surface area (Å²) in [5, 5.41) is 15.0. The summed E-state index contributed by atoms with van der Waals surface area (Å²) in [7, 11) is 0. The van der Waals surface area contributed by atoms with Gasteiger partial charge in [-0.05, 0) is 55.2 Å². The first kappa shape index (κ1) is 28.2. The lowest BCUT2D eigenvalue weighted by Gasteiger charge is -2.36. The van der Waals surface area contributed by atoms with Crippen LogP contribution in [0, 0.1) is 10.1 Å². The van der Waals surface area contributed by atoms with E-state index in [2.05, 4.69) is 15.1 Å². The second-order valence-corrected chi connectivity index (χ2v) is 10.6. The van der Waals surface area contributed by atoms with Gasteiger partial charge in [0.1, 0.15) is 0 Å². The first-order valence-corrected chi connectivity index (χ1v) is 14.2. The van der Waals surface area contributed by atoms with Crippen molar-refractivity contribution < 1.29 is 14.5 Å². The SMILES string of the molecule is O=C(Nc1cc(Cl)ccc1N1CCN(C(=O)/C=C/c2ccccc2)CC1)c1cc([N+](=O)[O-])ccc1N1CCCCC1. The fraction of sp³-hybridized carbons (Fsp3) is 0.290. The van der Waals surface area contributed by atoms with Gasteiger partial charge in [-0.15, -0.1) is 0 Å². The zero-order valence-corrected chi connectivity index (χ0v) is 23.4. The predicted molar refractivity (Wildman–Crippen MR) is 163 cm³/mol. The lowest BCUT2D eigenvalue weighted by Crippen LogP contribution is -2.48. The molecule has 2 fully saturated rings. The molecule has 1 N–H and O–H groups in total. The average Bonchev–Trinajstić information content (AvgIpc) is 3.00. The Bertz CT molecular complexity index is 1450. The van der Waals surface area contributed by atoms with Gasteiger partial charge in [0.2, 0.25) is 5.91 Å². The molecule has 2 saturated heterocycles. The number of piperazine rings is 1. The highest BCUT2D eigenvalue weighted by Crippen LogP contribution is 2.33. The van der Waals surface area contributed by atoms with Crippen LogP contribution in [0.1, 0.15) is 35.2 Å². The summed E-state index contributed by atoms with van der Waals surface area (Å²) < 4.78 is 0. The maximum Gasteiger partial charge on any atom is 0.270 e. The van der Waals surface area contributed by atoms with E-state index < -0.39 is 10.8 Å². The van der Waals surface area contributed by atoms with E-state index in [-0.39, 0.29) is 17.2 Å². The minimum absolute atomic E-state index is 0.0472. The number of nitro groups is 1. The molecule has 2 amide bonds. The molecule has 3 aromatic rings. The number of nitrogens with one attached hydrogen (secondary N) is 1. The number of hydrogen-bond donors (Lipinski definition) is 1. The molecule has 2 aliphatic rings. The number of anilines is 3. The Kier molecular flexibility index (Phi) is 8.84. The van der Waals surface area contributed by atoms with Crippen molar-refractivity contribution >= 4 is 52.2 Å². The van der Waals surface area contributed by atoms with Crippen LogP contribution in [-0.4, -0.2) is 60.9 Å². The van der Waals surface area contributed by atoms with Crippen molar-refractivity contribution in [2.75, 3.05) is 54.4 Å². The van der Waals surface area contributed by atoms with E-state index in [1.807, 2.05) is 42.5 Å². The van der Waals surface area contributed by atoms with Gasteiger partial charge in [0.25, 0.3) is 11.6 Å². The largest absolute Gasteiger partial charge is 0.371 e. The number of carbonyl (C=O) groups is 2. The van der Waals surface area contributed by atoms with Crippen molar-refractivity contribution in [1.29, 1.82) is 0 Å². The molecule has 5 rings (SSSR count). The molecular formula is C31H32ClN5O4. The highest BCUT2D eigenvalue weighted by atomic mass is 35.5. The van der Waals surface area contributed by atoms with E-state index in [0.717, 1.165) is 43.6 Å². The number of nitrogens with zero attached hydrogens (tertiary/aromatic N) is 4. The predicted octanol–water partition coefficient (Wildman–Crippen LogP) is 5.85. The lowest BCUT2D eigenvalue weighted by molar-refractivity contribution is -0.384. The quantitative estimate of drug-likeness (QED) is 0.216. The first-order chi connectivity index (χ1) is 19.9. The van der Waals surface area contributed by atoms with Gasteiger partial charge in [0.15, 0.2) is 0 Å². The van der Waals surface area contributed by atoms with Crippen LogP contribution in [0.5, 0.6) is 0 Å². The topological polar surface area (TPSA) is 99.0 Å². The van der Waals surface area contributed by atoms with Gasteiger partial charge < -0.3 is 20.0 Å². The van der Waals surface area contributed by atoms with Crippen LogP contribution in [0.15, 0.2) is 72.8 Å². The van der Waals surface area contributed by atoms with E-state index in [0.29, 0.717) is 42.6 Å². The minimum Gasteiger partial charge on any atom is -0.371 e. The van der Waals surface area contributed by atoms with Crippen LogP contribution in [0.3, 0.4) is 0 Å². The number of piperidine rings is 1. The molecule has 10 heteroatoms. The Morgan fingerprint density at radius 1 is 0.829 bits per heavy atom. The highest BCUT2D eigenvalue weighted by molar-refractivity contribution is 6.31. The van der Waals surface area contributed by atoms with Crippen LogP contribution in [0.4, 0.5) is 22.7 Å². The van der Waals surface area contributed by atoms with Crippen LogP contribution in [0.25, 0.3) is 6.08 Å². The van der Waals surface area contributed by atoms with Crippen LogP contribution in [0.2, 0.25) is 5.02 Å². The number of benzene rings is 3. The molecule has 0 spiro atoms. The van der Waals surface area contributed by atoms with Crippen molar-refractivity contribution in [2.24, 2.45) is 0 Å². The Morgan fingerprint density at radius 3 is 2.22 bits per heavy atom. The number of hydrogen-bond acceptors (Lipinski definition) is 6. The maximum absolute atomic E-state index is 13.6. The van der Waals surface area contributed by atoms with Crippen molar-refractivity contribution in [3.63, 3.8) is 0 Å². The molecule has 3 aromatic carbocycles. The van der Waals surface area contributed by atoms with E-state index >= 15 is 0 Å². The van der Waals surface area contributed by atoms with E-state index in [4.69, 9.17) is 11.6 Å². The van der Waals surface area contributed by atoms with Crippen molar-refractivity contribution in [2.45, 2.75) is 19.3 Å². The summed E-state index contributed by atoms with van der Waals surface area (Å²) in [6.45, 7) is 3.79. The smallest absolute Gasteiger partial charge is 0.270 e. The standard InChI is InChI=1S/C31H32ClN5O4/c32-24-10-12-29(35-17-19-36(20-18-35)30(38)14-9-23-7-3-1-4-8-23)27(21-24)33-31(39)26-22-25(37(40)41)11-13-28(26)34-15-5-2-6-16-34/h1,3-4,7-14,21-22H,2,5-6,15-20H2,(H,33,39)/b14-9+. The van der Waals surface area contributed by atoms with Gasteiger partial charge in [-0.25, -0.2) is 0 Å². The zero-order chi connectivity index (χ0) is 28.8. The minimum atomic E-state index is -0.489. The molecule has 0 saturated carbocycles. The summed E-state index contributed by atoms with van der Waals surface area (Å²) in [5.41, 5.74) is 3.07. The average molecular weight is 574 g/mol. The third-order valence-corrected chi connectivity index (χ3v) is 7.72. The normalized spacial score (nSPS) is 15.7. The van der Waals surface area contributed by atoms with Gasteiger partial charge >= 0.3 is 0 Å².